The highest BCUT2D eigenvalue weighted by Crippen LogP contribution is 2.30. The minimum Gasteiger partial charge on any atom is -0.495 e. The number of rotatable bonds is 6. The zero-order valence-corrected chi connectivity index (χ0v) is 12.7. The van der Waals surface area contributed by atoms with Crippen LogP contribution in [-0.4, -0.2) is 13.7 Å². The second-order valence-corrected chi connectivity index (χ2v) is 5.10. The molecule has 106 valence electrons. The van der Waals surface area contributed by atoms with Crippen LogP contribution >= 0.6 is 11.6 Å². The highest BCUT2D eigenvalue weighted by Gasteiger charge is 2.14. The summed E-state index contributed by atoms with van der Waals surface area (Å²) in [6, 6.07) is 16.5. The quantitative estimate of drug-likeness (QED) is 0.849. The number of nitrogens with one attached hydrogen (secondary N) is 1. The Hall–Kier alpha value is -1.51. The van der Waals surface area contributed by atoms with Crippen LogP contribution in [0, 0.1) is 0 Å². The molecule has 0 aliphatic carbocycles. The van der Waals surface area contributed by atoms with E-state index < -0.39 is 0 Å². The van der Waals surface area contributed by atoms with Gasteiger partial charge in [-0.2, -0.15) is 0 Å². The van der Waals surface area contributed by atoms with Crippen molar-refractivity contribution in [2.75, 3.05) is 13.7 Å². The first kappa shape index (κ1) is 14.9. The first-order chi connectivity index (χ1) is 9.76. The molecule has 0 bridgehead atoms. The second-order valence-electron chi connectivity index (χ2n) is 4.69. The van der Waals surface area contributed by atoms with E-state index in [0.29, 0.717) is 10.8 Å². The number of hydrogen-bond acceptors (Lipinski definition) is 2. The van der Waals surface area contributed by atoms with Crippen molar-refractivity contribution >= 4 is 11.6 Å². The summed E-state index contributed by atoms with van der Waals surface area (Å²) in [6.07, 6.45) is 1.09. The summed E-state index contributed by atoms with van der Waals surface area (Å²) in [6.45, 7) is 3.12. The van der Waals surface area contributed by atoms with Gasteiger partial charge in [0.25, 0.3) is 0 Å². The van der Waals surface area contributed by atoms with Crippen molar-refractivity contribution in [3.05, 3.63) is 64.7 Å². The van der Waals surface area contributed by atoms with Gasteiger partial charge >= 0.3 is 0 Å². The summed E-state index contributed by atoms with van der Waals surface area (Å²) in [5, 5.41) is 4.21. The summed E-state index contributed by atoms with van der Waals surface area (Å²) in [5.74, 6) is 0.706. The maximum Gasteiger partial charge on any atom is 0.137 e. The normalized spacial score (nSPS) is 12.2. The summed E-state index contributed by atoms with van der Waals surface area (Å²) < 4.78 is 5.21. The third kappa shape index (κ3) is 3.53. The van der Waals surface area contributed by atoms with E-state index in [-0.39, 0.29) is 6.04 Å². The molecule has 0 saturated heterocycles. The fourth-order valence-electron chi connectivity index (χ4n) is 2.22. The summed E-state index contributed by atoms with van der Waals surface area (Å²) in [5.41, 5.74) is 2.39. The first-order valence-electron chi connectivity index (χ1n) is 6.88. The maximum atomic E-state index is 6.24. The molecule has 0 heterocycles. The van der Waals surface area contributed by atoms with Crippen molar-refractivity contribution in [1.29, 1.82) is 0 Å². The van der Waals surface area contributed by atoms with Gasteiger partial charge in [-0.15, -0.1) is 0 Å². The van der Waals surface area contributed by atoms with E-state index in [9.17, 15) is 0 Å². The van der Waals surface area contributed by atoms with Gasteiger partial charge in [-0.25, -0.2) is 0 Å². The van der Waals surface area contributed by atoms with Gasteiger partial charge in [0.15, 0.2) is 0 Å². The van der Waals surface area contributed by atoms with Crippen molar-refractivity contribution in [2.45, 2.75) is 19.4 Å². The number of benzene rings is 2. The molecule has 2 nitrogen and oxygen atoms in total. The lowest BCUT2D eigenvalue weighted by atomic mass is 9.98. The molecule has 1 atom stereocenters. The van der Waals surface area contributed by atoms with Crippen LogP contribution in [0.1, 0.15) is 30.5 Å². The molecule has 3 heteroatoms. The number of halogens is 1. The highest BCUT2D eigenvalue weighted by molar-refractivity contribution is 6.32. The second kappa shape index (κ2) is 7.32. The van der Waals surface area contributed by atoms with E-state index in [1.54, 1.807) is 7.11 Å². The number of hydrogen-bond donors (Lipinski definition) is 1. The van der Waals surface area contributed by atoms with Crippen LogP contribution in [0.15, 0.2) is 48.5 Å². The molecule has 1 unspecified atom stereocenters. The van der Waals surface area contributed by atoms with Gasteiger partial charge in [0.2, 0.25) is 0 Å². The molecule has 0 aromatic heterocycles. The maximum absolute atomic E-state index is 6.24. The van der Waals surface area contributed by atoms with Gasteiger partial charge in [-0.1, -0.05) is 54.9 Å². The van der Waals surface area contributed by atoms with Crippen LogP contribution in [0.3, 0.4) is 0 Å². The van der Waals surface area contributed by atoms with Gasteiger partial charge in [0.05, 0.1) is 18.2 Å². The lowest BCUT2D eigenvalue weighted by molar-refractivity contribution is 0.414. The van der Waals surface area contributed by atoms with Crippen LogP contribution < -0.4 is 10.1 Å². The molecule has 0 aliphatic rings. The first-order valence-corrected chi connectivity index (χ1v) is 7.25. The number of ether oxygens (including phenoxy) is 1. The largest absolute Gasteiger partial charge is 0.495 e. The molecular weight excluding hydrogens is 270 g/mol. The molecular formula is C17H20ClNO. The minimum atomic E-state index is 0.152. The van der Waals surface area contributed by atoms with E-state index in [4.69, 9.17) is 16.3 Å². The Bertz CT molecular complexity index is 542. The standard InChI is InChI=1S/C17H20ClNO/c1-3-11-19-17(13-7-5-4-6-8-13)14-9-10-16(20-2)15(18)12-14/h4-10,12,17,19H,3,11H2,1-2H3. The van der Waals surface area contributed by atoms with Crippen LogP contribution in [-0.2, 0) is 0 Å². The van der Waals surface area contributed by atoms with Crippen molar-refractivity contribution < 1.29 is 4.74 Å². The van der Waals surface area contributed by atoms with Crippen molar-refractivity contribution in [2.24, 2.45) is 0 Å². The predicted molar refractivity (Wildman–Crippen MR) is 84.6 cm³/mol. The highest BCUT2D eigenvalue weighted by atomic mass is 35.5. The third-order valence-corrected chi connectivity index (χ3v) is 3.54. The van der Waals surface area contributed by atoms with Crippen molar-refractivity contribution in [3.63, 3.8) is 0 Å². The smallest absolute Gasteiger partial charge is 0.137 e. The molecule has 2 rings (SSSR count). The molecule has 20 heavy (non-hydrogen) atoms. The Morgan fingerprint density at radius 3 is 2.45 bits per heavy atom. The van der Waals surface area contributed by atoms with Crippen LogP contribution in [0.25, 0.3) is 0 Å². The molecule has 0 amide bonds. The lowest BCUT2D eigenvalue weighted by Gasteiger charge is -2.20. The SMILES string of the molecule is CCCNC(c1ccccc1)c1ccc(OC)c(Cl)c1. The monoisotopic (exact) mass is 289 g/mol. The van der Waals surface area contributed by atoms with Crippen LogP contribution in [0.2, 0.25) is 5.02 Å². The molecule has 1 N–H and O–H groups in total. The topological polar surface area (TPSA) is 21.3 Å². The lowest BCUT2D eigenvalue weighted by Crippen LogP contribution is -2.23. The Labute approximate surface area is 125 Å². The van der Waals surface area contributed by atoms with Crippen LogP contribution in [0.5, 0.6) is 5.75 Å². The zero-order chi connectivity index (χ0) is 14.4. The zero-order valence-electron chi connectivity index (χ0n) is 11.9. The Morgan fingerprint density at radius 2 is 1.85 bits per heavy atom. The number of methoxy groups -OCH3 is 1. The van der Waals surface area contributed by atoms with E-state index in [2.05, 4.69) is 42.6 Å². The van der Waals surface area contributed by atoms with Gasteiger partial charge in [-0.05, 0) is 36.2 Å². The molecule has 0 fully saturated rings. The van der Waals surface area contributed by atoms with E-state index in [1.807, 2.05) is 18.2 Å². The summed E-state index contributed by atoms with van der Waals surface area (Å²) in [7, 11) is 1.63. The molecule has 0 saturated carbocycles. The molecule has 0 radical (unpaired) electrons. The molecule has 0 aliphatic heterocycles. The Morgan fingerprint density at radius 1 is 1.10 bits per heavy atom. The summed E-state index contributed by atoms with van der Waals surface area (Å²) in [4.78, 5) is 0. The van der Waals surface area contributed by atoms with Crippen molar-refractivity contribution in [1.82, 2.24) is 5.32 Å². The fourth-order valence-corrected chi connectivity index (χ4v) is 2.49. The van der Waals surface area contributed by atoms with Crippen LogP contribution in [0.4, 0.5) is 0 Å². The third-order valence-electron chi connectivity index (χ3n) is 3.24. The molecule has 2 aromatic carbocycles. The minimum absolute atomic E-state index is 0.152. The van der Waals surface area contributed by atoms with Crippen molar-refractivity contribution in [3.8, 4) is 5.75 Å². The fraction of sp³-hybridized carbons (Fsp3) is 0.294. The average molecular weight is 290 g/mol. The average Bonchev–Trinajstić information content (AvgIpc) is 2.49. The molecule has 0 spiro atoms. The van der Waals surface area contributed by atoms with Gasteiger partial charge in [-0.3, -0.25) is 0 Å². The molecule has 2 aromatic rings. The summed E-state index contributed by atoms with van der Waals surface area (Å²) >= 11 is 6.24. The van der Waals surface area contributed by atoms with Gasteiger partial charge in [0, 0.05) is 0 Å². The van der Waals surface area contributed by atoms with E-state index in [0.717, 1.165) is 18.5 Å². The Balaban J connectivity index is 2.33. The van der Waals surface area contributed by atoms with E-state index in [1.165, 1.54) is 5.56 Å². The Kier molecular flexibility index (Phi) is 5.45. The van der Waals surface area contributed by atoms with E-state index >= 15 is 0 Å². The van der Waals surface area contributed by atoms with Gasteiger partial charge in [0.1, 0.15) is 5.75 Å². The predicted octanol–water partition coefficient (Wildman–Crippen LogP) is 4.44. The van der Waals surface area contributed by atoms with Gasteiger partial charge < -0.3 is 10.1 Å².